The van der Waals surface area contributed by atoms with Crippen LogP contribution in [0.1, 0.15) is 24.7 Å². The van der Waals surface area contributed by atoms with Gasteiger partial charge >= 0.3 is 0 Å². The number of carbonyl (C=O) groups is 1. The number of rotatable bonds is 8. The van der Waals surface area contributed by atoms with Crippen molar-refractivity contribution in [3.63, 3.8) is 0 Å². The second kappa shape index (κ2) is 10.1. The molecule has 0 saturated carbocycles. The molecule has 2 rings (SSSR count). The van der Waals surface area contributed by atoms with Crippen molar-refractivity contribution in [3.8, 4) is 0 Å². The van der Waals surface area contributed by atoms with Crippen LogP contribution in [-0.2, 0) is 11.2 Å². The number of guanidine groups is 1. The molecule has 7 nitrogen and oxygen atoms in total. The molecule has 0 atom stereocenters. The Morgan fingerprint density at radius 3 is 2.84 bits per heavy atom. The Balaban J connectivity index is 1.72. The third-order valence-corrected chi connectivity index (χ3v) is 3.38. The van der Waals surface area contributed by atoms with Crippen molar-refractivity contribution in [2.75, 3.05) is 25.0 Å². The quantitative estimate of drug-likeness (QED) is 0.504. The minimum absolute atomic E-state index is 0.0877. The lowest BCUT2D eigenvalue weighted by Gasteiger charge is -2.11. The molecule has 7 heteroatoms. The van der Waals surface area contributed by atoms with Crippen LogP contribution in [0.25, 0.3) is 0 Å². The van der Waals surface area contributed by atoms with E-state index < -0.39 is 0 Å². The molecule has 0 aliphatic heterocycles. The predicted octanol–water partition coefficient (Wildman–Crippen LogP) is 2.11. The van der Waals surface area contributed by atoms with Gasteiger partial charge in [-0.2, -0.15) is 0 Å². The number of amides is 1. The van der Waals surface area contributed by atoms with Crippen LogP contribution in [-0.4, -0.2) is 36.5 Å². The SMILES string of the molecule is CCNC(=NCCc1ccco1)NCCC(=O)Nc1ccc(C)cn1. The fraction of sp³-hybridized carbons (Fsp3) is 0.389. The lowest BCUT2D eigenvalue weighted by Crippen LogP contribution is -2.38. The Labute approximate surface area is 147 Å². The fourth-order valence-electron chi connectivity index (χ4n) is 2.12. The first kappa shape index (κ1) is 18.5. The predicted molar refractivity (Wildman–Crippen MR) is 98.6 cm³/mol. The number of nitrogens with zero attached hydrogens (tertiary/aromatic N) is 2. The molecule has 0 spiro atoms. The number of aromatic nitrogens is 1. The summed E-state index contributed by atoms with van der Waals surface area (Å²) in [4.78, 5) is 20.6. The van der Waals surface area contributed by atoms with Crippen LogP contribution in [0.4, 0.5) is 5.82 Å². The molecule has 2 heterocycles. The van der Waals surface area contributed by atoms with Gasteiger partial charge in [-0.25, -0.2) is 4.98 Å². The zero-order valence-electron chi connectivity index (χ0n) is 14.7. The summed E-state index contributed by atoms with van der Waals surface area (Å²) in [5.74, 6) is 2.07. The summed E-state index contributed by atoms with van der Waals surface area (Å²) in [6.07, 6.45) is 4.45. The number of nitrogens with one attached hydrogen (secondary N) is 3. The van der Waals surface area contributed by atoms with Crippen molar-refractivity contribution < 1.29 is 9.21 Å². The van der Waals surface area contributed by atoms with Crippen molar-refractivity contribution in [3.05, 3.63) is 48.0 Å². The van der Waals surface area contributed by atoms with Gasteiger partial charge in [0.25, 0.3) is 0 Å². The van der Waals surface area contributed by atoms with Crippen LogP contribution in [0, 0.1) is 6.92 Å². The van der Waals surface area contributed by atoms with Crippen molar-refractivity contribution in [2.45, 2.75) is 26.7 Å². The van der Waals surface area contributed by atoms with E-state index in [-0.39, 0.29) is 5.91 Å². The minimum Gasteiger partial charge on any atom is -0.469 e. The van der Waals surface area contributed by atoms with Crippen LogP contribution in [0.15, 0.2) is 46.1 Å². The Morgan fingerprint density at radius 1 is 1.28 bits per heavy atom. The maximum Gasteiger partial charge on any atom is 0.227 e. The molecule has 0 aromatic carbocycles. The molecule has 0 unspecified atom stereocenters. The summed E-state index contributed by atoms with van der Waals surface area (Å²) in [6.45, 7) is 5.81. The van der Waals surface area contributed by atoms with Gasteiger partial charge in [0.05, 0.1) is 6.26 Å². The van der Waals surface area contributed by atoms with Crippen LogP contribution in [0.5, 0.6) is 0 Å². The van der Waals surface area contributed by atoms with E-state index in [1.807, 2.05) is 32.0 Å². The van der Waals surface area contributed by atoms with E-state index in [1.165, 1.54) is 0 Å². The second-order valence-electron chi connectivity index (χ2n) is 5.54. The van der Waals surface area contributed by atoms with Gasteiger partial charge in [0.15, 0.2) is 5.96 Å². The van der Waals surface area contributed by atoms with Crippen molar-refractivity contribution >= 4 is 17.7 Å². The average Bonchev–Trinajstić information content (AvgIpc) is 3.10. The number of anilines is 1. The van der Waals surface area contributed by atoms with Crippen LogP contribution in [0.3, 0.4) is 0 Å². The van der Waals surface area contributed by atoms with Crippen LogP contribution >= 0.6 is 0 Å². The number of aryl methyl sites for hydroxylation is 1. The Morgan fingerprint density at radius 2 is 2.16 bits per heavy atom. The molecular formula is C18H25N5O2. The van der Waals surface area contributed by atoms with Crippen molar-refractivity contribution in [1.82, 2.24) is 15.6 Å². The highest BCUT2D eigenvalue weighted by molar-refractivity contribution is 5.90. The number of pyridine rings is 1. The van der Waals surface area contributed by atoms with Gasteiger partial charge in [0, 0.05) is 38.7 Å². The number of hydrogen-bond acceptors (Lipinski definition) is 4. The third-order valence-electron chi connectivity index (χ3n) is 3.38. The minimum atomic E-state index is -0.0877. The van der Waals surface area contributed by atoms with E-state index in [9.17, 15) is 4.79 Å². The third kappa shape index (κ3) is 7.07. The van der Waals surface area contributed by atoms with E-state index in [2.05, 4.69) is 25.9 Å². The van der Waals surface area contributed by atoms with Gasteiger partial charge < -0.3 is 20.4 Å². The number of furan rings is 1. The summed E-state index contributed by atoms with van der Waals surface area (Å²) in [7, 11) is 0. The van der Waals surface area contributed by atoms with Crippen molar-refractivity contribution in [2.24, 2.45) is 4.99 Å². The van der Waals surface area contributed by atoms with E-state index in [4.69, 9.17) is 4.42 Å². The summed E-state index contributed by atoms with van der Waals surface area (Å²) in [5, 5.41) is 9.08. The average molecular weight is 343 g/mol. The molecule has 0 aliphatic carbocycles. The van der Waals surface area contributed by atoms with Gasteiger partial charge in [0.2, 0.25) is 5.91 Å². The molecular weight excluding hydrogens is 318 g/mol. The first-order valence-corrected chi connectivity index (χ1v) is 8.44. The molecule has 2 aromatic rings. The number of hydrogen-bond donors (Lipinski definition) is 3. The summed E-state index contributed by atoms with van der Waals surface area (Å²) >= 11 is 0. The van der Waals surface area contributed by atoms with Gasteiger partial charge in [-0.3, -0.25) is 9.79 Å². The van der Waals surface area contributed by atoms with Gasteiger partial charge in [-0.1, -0.05) is 6.07 Å². The molecule has 2 aromatic heterocycles. The first-order valence-electron chi connectivity index (χ1n) is 8.44. The van der Waals surface area contributed by atoms with Crippen LogP contribution < -0.4 is 16.0 Å². The Hall–Kier alpha value is -2.83. The zero-order valence-corrected chi connectivity index (χ0v) is 14.7. The molecule has 0 radical (unpaired) electrons. The molecule has 0 saturated heterocycles. The standard InChI is InChI=1S/C18H25N5O2/c1-3-19-18(20-10-8-15-5-4-12-25-15)21-11-9-17(24)23-16-7-6-14(2)13-22-16/h4-7,12-13H,3,8-11H2,1-2H3,(H2,19,20,21)(H,22,23,24). The molecule has 25 heavy (non-hydrogen) atoms. The monoisotopic (exact) mass is 343 g/mol. The highest BCUT2D eigenvalue weighted by Crippen LogP contribution is 2.04. The maximum atomic E-state index is 11.9. The number of aliphatic imine (C=N–C) groups is 1. The topological polar surface area (TPSA) is 91.5 Å². The van der Waals surface area contributed by atoms with Crippen LogP contribution in [0.2, 0.25) is 0 Å². The number of carbonyl (C=O) groups excluding carboxylic acids is 1. The molecule has 3 N–H and O–H groups in total. The van der Waals surface area contributed by atoms with Crippen molar-refractivity contribution in [1.29, 1.82) is 0 Å². The maximum absolute atomic E-state index is 11.9. The van der Waals surface area contributed by atoms with E-state index in [0.717, 1.165) is 24.3 Å². The lowest BCUT2D eigenvalue weighted by atomic mass is 10.3. The molecule has 0 bridgehead atoms. The normalized spacial score (nSPS) is 11.2. The van der Waals surface area contributed by atoms with Gasteiger partial charge in [0.1, 0.15) is 11.6 Å². The molecule has 1 amide bonds. The Kier molecular flexibility index (Phi) is 7.49. The molecule has 134 valence electrons. The zero-order chi connectivity index (χ0) is 17.9. The highest BCUT2D eigenvalue weighted by atomic mass is 16.3. The summed E-state index contributed by atoms with van der Waals surface area (Å²) < 4.78 is 5.28. The fourth-order valence-corrected chi connectivity index (χ4v) is 2.12. The van der Waals surface area contributed by atoms with E-state index >= 15 is 0 Å². The summed E-state index contributed by atoms with van der Waals surface area (Å²) in [6, 6.07) is 7.50. The van der Waals surface area contributed by atoms with E-state index in [1.54, 1.807) is 18.5 Å². The Bertz CT molecular complexity index is 665. The smallest absolute Gasteiger partial charge is 0.227 e. The highest BCUT2D eigenvalue weighted by Gasteiger charge is 2.04. The van der Waals surface area contributed by atoms with Gasteiger partial charge in [-0.05, 0) is 37.6 Å². The largest absolute Gasteiger partial charge is 0.469 e. The second-order valence-corrected chi connectivity index (χ2v) is 5.54. The lowest BCUT2D eigenvalue weighted by molar-refractivity contribution is -0.116. The molecule has 0 aliphatic rings. The molecule has 0 fully saturated rings. The van der Waals surface area contributed by atoms with E-state index in [0.29, 0.717) is 31.3 Å². The summed E-state index contributed by atoms with van der Waals surface area (Å²) in [5.41, 5.74) is 1.06. The first-order chi connectivity index (χ1) is 12.2. The van der Waals surface area contributed by atoms with Gasteiger partial charge in [-0.15, -0.1) is 0 Å².